The number of amides is 2. The largest absolute Gasteiger partial charge is 0.490 e. The number of fused-ring (bicyclic) bond motifs is 8. The van der Waals surface area contributed by atoms with Gasteiger partial charge in [-0.15, -0.1) is 0 Å². The molecule has 4 aliphatic heterocycles. The summed E-state index contributed by atoms with van der Waals surface area (Å²) in [7, 11) is -7.87. The van der Waals surface area contributed by atoms with E-state index in [2.05, 4.69) is 43.5 Å². The molecule has 0 aromatic heterocycles. The van der Waals surface area contributed by atoms with Gasteiger partial charge in [0.15, 0.2) is 0 Å². The Labute approximate surface area is 519 Å². The summed E-state index contributed by atoms with van der Waals surface area (Å²) in [4.78, 5) is 31.7. The third kappa shape index (κ3) is 12.9. The van der Waals surface area contributed by atoms with Gasteiger partial charge in [-0.25, -0.2) is 26.3 Å². The normalized spacial score (nSPS) is 32.8. The molecule has 2 spiro atoms. The Bertz CT molecular complexity index is 3250. The van der Waals surface area contributed by atoms with Gasteiger partial charge in [0.2, 0.25) is 20.0 Å². The number of carbonyl (C=O) groups excluding carboxylic acids is 2. The molecule has 4 aliphatic carbocycles. The average molecular weight is 1250 g/mol. The second kappa shape index (κ2) is 25.8. The second-order valence-corrected chi connectivity index (χ2v) is 31.1. The Morgan fingerprint density at radius 2 is 1.01 bits per heavy atom. The molecule has 2 amide bonds. The van der Waals surface area contributed by atoms with E-state index in [0.717, 1.165) is 98.7 Å². The standard InChI is InChI=1S/2C34H43ClN2O5S/c2*1-3-6-32-22(2)7-4-9-30(38)27-13-10-25(27)19-37-20-34(16-5-8-23-17-26(35)12-14-28(23)34)21-42-31-15-11-24(18-29(31)37)33(39)36-43(32,40)41/h2*4,9,11-12,14-15,17-18,22,25,27,30,32,38H,3,5-8,10,13,16,19-21H2,1-2H3,(H,36,39)/b2*9-4-/t22-,25+,27-,30+,32-,34+;22-,25-,27+,30-,32-,34-/m10/s1. The van der Waals surface area contributed by atoms with Crippen molar-refractivity contribution in [2.45, 2.75) is 164 Å². The average Bonchev–Trinajstić information content (AvgIpc) is 2.48. The highest BCUT2D eigenvalue weighted by Crippen LogP contribution is 2.49. The van der Waals surface area contributed by atoms with Crippen molar-refractivity contribution in [3.8, 4) is 11.5 Å². The van der Waals surface area contributed by atoms with Gasteiger partial charge in [0, 0.05) is 58.2 Å². The first kappa shape index (κ1) is 62.5. The van der Waals surface area contributed by atoms with Crippen molar-refractivity contribution in [1.82, 2.24) is 9.44 Å². The van der Waals surface area contributed by atoms with Gasteiger partial charge < -0.3 is 29.5 Å². The predicted molar refractivity (Wildman–Crippen MR) is 341 cm³/mol. The van der Waals surface area contributed by atoms with Crippen LogP contribution >= 0.6 is 23.2 Å². The number of benzene rings is 4. The van der Waals surface area contributed by atoms with Crippen molar-refractivity contribution < 1.29 is 46.1 Å². The van der Waals surface area contributed by atoms with E-state index in [1.165, 1.54) is 22.3 Å². The molecule has 12 rings (SSSR count). The Morgan fingerprint density at radius 3 is 1.40 bits per heavy atom. The van der Waals surface area contributed by atoms with Crippen molar-refractivity contribution in [2.75, 3.05) is 49.2 Å². The highest BCUT2D eigenvalue weighted by atomic mass is 35.5. The number of aliphatic hydroxyl groups excluding tert-OH is 2. The molecule has 18 heteroatoms. The summed E-state index contributed by atoms with van der Waals surface area (Å²) in [6.45, 7) is 11.5. The third-order valence-corrected chi connectivity index (χ3v) is 25.1. The quantitative estimate of drug-likeness (QED) is 0.142. The highest BCUT2D eigenvalue weighted by Gasteiger charge is 2.47. The summed E-state index contributed by atoms with van der Waals surface area (Å²) in [5, 5.41) is 22.5. The van der Waals surface area contributed by atoms with Gasteiger partial charge in [-0.2, -0.15) is 0 Å². The van der Waals surface area contributed by atoms with Crippen LogP contribution in [0, 0.1) is 35.5 Å². The van der Waals surface area contributed by atoms with Gasteiger partial charge in [-0.3, -0.25) is 9.59 Å². The number of nitrogens with zero attached hydrogens (tertiary/aromatic N) is 2. The molecule has 0 radical (unpaired) electrons. The SMILES string of the molecule is CCC[C@@H]1[C@H](C)C/C=C\[C@H](O)[C@@H]2CC[C@H]2CN2C[C@@]3(CCCc4cc(Cl)ccc43)COc3ccc(cc32)C(=O)NS1(=O)=O.CCC[C@H]1[C@@H](C)C/C=C\[C@H](O)[C@@H]2CC[C@H]2CN2C[C@@]3(CCCc4cc(Cl)ccc43)COc3ccc(cc32)C(=O)NS1(=O)=O. The van der Waals surface area contributed by atoms with Crippen LogP contribution in [0.25, 0.3) is 0 Å². The molecule has 86 heavy (non-hydrogen) atoms. The zero-order valence-corrected chi connectivity index (χ0v) is 53.3. The summed E-state index contributed by atoms with van der Waals surface area (Å²) in [6.07, 6.45) is 19.6. The molecule has 2 fully saturated rings. The lowest BCUT2D eigenvalue weighted by molar-refractivity contribution is 0.0454. The Hall–Kier alpha value is -5.10. The minimum absolute atomic E-state index is 0.127. The van der Waals surface area contributed by atoms with Gasteiger partial charge in [-0.1, -0.05) is 100 Å². The molecule has 4 N–H and O–H groups in total. The molecular weight excluding hydrogens is 1170 g/mol. The fourth-order valence-electron chi connectivity index (χ4n) is 15.7. The second-order valence-electron chi connectivity index (χ2n) is 26.4. The van der Waals surface area contributed by atoms with E-state index in [1.807, 2.05) is 64.1 Å². The number of halogens is 2. The van der Waals surface area contributed by atoms with Crippen LogP contribution in [0.3, 0.4) is 0 Å². The maximum Gasteiger partial charge on any atom is 0.264 e. The van der Waals surface area contributed by atoms with E-state index in [-0.39, 0.29) is 46.3 Å². The number of nitrogens with one attached hydrogen (secondary N) is 2. The maximum atomic E-state index is 13.5. The van der Waals surface area contributed by atoms with Gasteiger partial charge in [0.25, 0.3) is 11.8 Å². The number of aliphatic hydroxyl groups is 2. The molecule has 4 aromatic rings. The fraction of sp³-hybridized carbons (Fsp3) is 0.559. The number of hydrogen-bond acceptors (Lipinski definition) is 12. The number of carbonyl (C=O) groups is 2. The Balaban J connectivity index is 0.000000179. The number of ether oxygens (including phenoxy) is 2. The lowest BCUT2D eigenvalue weighted by Crippen LogP contribution is -2.49. The molecule has 0 saturated heterocycles. The van der Waals surface area contributed by atoms with Crippen LogP contribution in [-0.4, -0.2) is 101 Å². The van der Waals surface area contributed by atoms with Crippen LogP contribution in [0.4, 0.5) is 11.4 Å². The van der Waals surface area contributed by atoms with Gasteiger partial charge >= 0.3 is 0 Å². The van der Waals surface area contributed by atoms with Gasteiger partial charge in [0.1, 0.15) is 11.5 Å². The first-order valence-electron chi connectivity index (χ1n) is 31.6. The van der Waals surface area contributed by atoms with E-state index in [0.29, 0.717) is 87.5 Å². The molecule has 14 nitrogen and oxygen atoms in total. The lowest BCUT2D eigenvalue weighted by atomic mass is 9.68. The number of aryl methyl sites for hydroxylation is 2. The van der Waals surface area contributed by atoms with Crippen molar-refractivity contribution in [2.24, 2.45) is 35.5 Å². The van der Waals surface area contributed by atoms with Crippen molar-refractivity contribution in [3.05, 3.63) is 141 Å². The van der Waals surface area contributed by atoms with E-state index in [9.17, 15) is 36.6 Å². The van der Waals surface area contributed by atoms with E-state index < -0.39 is 54.6 Å². The van der Waals surface area contributed by atoms with E-state index in [4.69, 9.17) is 32.7 Å². The highest BCUT2D eigenvalue weighted by molar-refractivity contribution is 7.91. The van der Waals surface area contributed by atoms with Crippen LogP contribution < -0.4 is 28.7 Å². The molecule has 12 atom stereocenters. The molecular formula is C68H86Cl2N4O10S2. The topological polar surface area (TPSA) is 192 Å². The van der Waals surface area contributed by atoms with Gasteiger partial charge in [0.05, 0.1) is 47.3 Å². The number of hydrogen-bond donors (Lipinski definition) is 4. The van der Waals surface area contributed by atoms with Crippen LogP contribution in [0.15, 0.2) is 97.1 Å². The molecule has 4 aromatic carbocycles. The summed E-state index contributed by atoms with van der Waals surface area (Å²) >= 11 is 12.8. The number of sulfonamides is 2. The number of allylic oxidation sites excluding steroid dienone is 2. The van der Waals surface area contributed by atoms with Crippen molar-refractivity contribution >= 4 is 66.4 Å². The Morgan fingerprint density at radius 1 is 0.593 bits per heavy atom. The summed E-state index contributed by atoms with van der Waals surface area (Å²) < 4.78 is 72.0. The third-order valence-electron chi connectivity index (χ3n) is 20.7. The first-order valence-corrected chi connectivity index (χ1v) is 35.5. The fourth-order valence-corrected chi connectivity index (χ4v) is 19.6. The van der Waals surface area contributed by atoms with E-state index >= 15 is 0 Å². The van der Waals surface area contributed by atoms with Crippen molar-refractivity contribution in [1.29, 1.82) is 0 Å². The Kier molecular flexibility index (Phi) is 18.7. The van der Waals surface area contributed by atoms with Crippen LogP contribution in [0.2, 0.25) is 10.0 Å². The molecule has 8 aliphatic rings. The smallest absolute Gasteiger partial charge is 0.264 e. The zero-order valence-electron chi connectivity index (χ0n) is 50.2. The first-order chi connectivity index (χ1) is 41.2. The monoisotopic (exact) mass is 1250 g/mol. The molecule has 2 saturated carbocycles. The minimum Gasteiger partial charge on any atom is -0.490 e. The van der Waals surface area contributed by atoms with Crippen molar-refractivity contribution in [3.63, 3.8) is 0 Å². The van der Waals surface area contributed by atoms with Crippen LogP contribution in [0.1, 0.15) is 161 Å². The number of rotatable bonds is 4. The van der Waals surface area contributed by atoms with Crippen LogP contribution in [0.5, 0.6) is 11.5 Å². The molecule has 4 heterocycles. The molecule has 4 bridgehead atoms. The summed E-state index contributed by atoms with van der Waals surface area (Å²) in [5.74, 6) is 0.542. The molecule has 464 valence electrons. The summed E-state index contributed by atoms with van der Waals surface area (Å²) in [6, 6.07) is 22.9. The molecule has 0 unspecified atom stereocenters. The predicted octanol–water partition coefficient (Wildman–Crippen LogP) is 12.0. The zero-order chi connectivity index (χ0) is 60.7. The minimum atomic E-state index is -3.93. The summed E-state index contributed by atoms with van der Waals surface area (Å²) in [5.41, 5.74) is 6.69. The van der Waals surface area contributed by atoms with Gasteiger partial charge in [-0.05, 0) is 208 Å². The maximum absolute atomic E-state index is 13.5. The number of anilines is 2. The van der Waals surface area contributed by atoms with Crippen LogP contribution in [-0.2, 0) is 43.7 Å². The lowest BCUT2D eigenvalue weighted by Gasteiger charge is -2.45. The van der Waals surface area contributed by atoms with E-state index in [1.54, 1.807) is 36.4 Å².